The van der Waals surface area contributed by atoms with Crippen LogP contribution in [0.3, 0.4) is 0 Å². The van der Waals surface area contributed by atoms with Crippen molar-refractivity contribution in [1.29, 1.82) is 0 Å². The van der Waals surface area contributed by atoms with Gasteiger partial charge in [0.15, 0.2) is 0 Å². The standard InChI is InChI=1S/C5H10.C3H8.C3H6.C2H6.CH3NO2/c1-3-5-4-2;2*1-3-2;1-2;2-1(3)4/h3,5H,4H2,1-2H3;3H2,1-2H3;3H,1H2,2H3;1-2H3;2H2,(H,3,4)/b5-3-;;;;. The molecule has 1 amide bonds. The normalized spacial score (nSPS) is 6.53. The molecule has 0 aliphatic heterocycles. The predicted molar refractivity (Wildman–Crippen MR) is 80.5 cm³/mol. The van der Waals surface area contributed by atoms with Gasteiger partial charge in [-0.2, -0.15) is 0 Å². The highest BCUT2D eigenvalue weighted by atomic mass is 16.4. The maximum Gasteiger partial charge on any atom is 0.402 e. The predicted octanol–water partition coefficient (Wildman–Crippen LogP) is 5.23. The number of nitrogens with two attached hydrogens (primary N) is 1. The molecular weight excluding hydrogens is 214 g/mol. The molecule has 0 saturated heterocycles. The molecule has 17 heavy (non-hydrogen) atoms. The number of hydrogen-bond donors (Lipinski definition) is 2. The van der Waals surface area contributed by atoms with Gasteiger partial charge in [-0.25, -0.2) is 4.79 Å². The van der Waals surface area contributed by atoms with Crippen molar-refractivity contribution in [1.82, 2.24) is 0 Å². The molecule has 3 nitrogen and oxygen atoms in total. The van der Waals surface area contributed by atoms with Crippen molar-refractivity contribution in [3.05, 3.63) is 24.8 Å². The summed E-state index contributed by atoms with van der Waals surface area (Å²) in [7, 11) is 0. The minimum Gasteiger partial charge on any atom is -0.465 e. The van der Waals surface area contributed by atoms with Crippen LogP contribution in [0, 0.1) is 0 Å². The topological polar surface area (TPSA) is 63.3 Å². The van der Waals surface area contributed by atoms with E-state index in [9.17, 15) is 0 Å². The Kier molecular flexibility index (Phi) is 107. The highest BCUT2D eigenvalue weighted by molar-refractivity contribution is 5.61. The van der Waals surface area contributed by atoms with Gasteiger partial charge in [0.2, 0.25) is 0 Å². The Balaban J connectivity index is -0.0000000367. The maximum atomic E-state index is 8.78. The molecule has 0 saturated carbocycles. The summed E-state index contributed by atoms with van der Waals surface area (Å²) < 4.78 is 0. The zero-order valence-electron chi connectivity index (χ0n) is 12.8. The van der Waals surface area contributed by atoms with Crippen molar-refractivity contribution in [3.8, 4) is 0 Å². The molecule has 3 heteroatoms. The van der Waals surface area contributed by atoms with Crippen LogP contribution in [0.25, 0.3) is 0 Å². The smallest absolute Gasteiger partial charge is 0.402 e. The lowest BCUT2D eigenvalue weighted by Gasteiger charge is -1.65. The molecule has 0 radical (unpaired) electrons. The summed E-state index contributed by atoms with van der Waals surface area (Å²) in [6.45, 7) is 17.7. The van der Waals surface area contributed by atoms with Crippen LogP contribution >= 0.6 is 0 Å². The van der Waals surface area contributed by atoms with Crippen LogP contribution in [-0.4, -0.2) is 11.2 Å². The summed E-state index contributed by atoms with van der Waals surface area (Å²) in [5.41, 5.74) is 4.03. The van der Waals surface area contributed by atoms with E-state index in [1.165, 1.54) is 6.42 Å². The number of hydrogen-bond acceptors (Lipinski definition) is 1. The molecule has 106 valence electrons. The first-order valence-corrected chi connectivity index (χ1v) is 6.14. The molecule has 0 aromatic rings. The SMILES string of the molecule is C/C=C\CC.C=CC.CC.CCC.NC(=O)O. The molecule has 0 rings (SSSR count). The van der Waals surface area contributed by atoms with Gasteiger partial charge in [0.25, 0.3) is 0 Å². The molecule has 0 aromatic carbocycles. The van der Waals surface area contributed by atoms with E-state index in [-0.39, 0.29) is 0 Å². The fourth-order valence-electron chi connectivity index (χ4n) is 0.236. The average Bonchev–Trinajstić information content (AvgIpc) is 2.23. The van der Waals surface area contributed by atoms with Crippen molar-refractivity contribution in [2.75, 3.05) is 0 Å². The van der Waals surface area contributed by atoms with Crippen LogP contribution < -0.4 is 5.73 Å². The highest BCUT2D eigenvalue weighted by Gasteiger charge is 1.65. The first-order chi connectivity index (χ1) is 7.97. The molecule has 0 bridgehead atoms. The Morgan fingerprint density at radius 3 is 1.41 bits per heavy atom. The van der Waals surface area contributed by atoms with Gasteiger partial charge < -0.3 is 10.8 Å². The number of carboxylic acid groups (broad SMARTS) is 1. The van der Waals surface area contributed by atoms with Gasteiger partial charge >= 0.3 is 6.09 Å². The van der Waals surface area contributed by atoms with E-state index < -0.39 is 6.09 Å². The van der Waals surface area contributed by atoms with E-state index in [0.29, 0.717) is 0 Å². The van der Waals surface area contributed by atoms with E-state index in [0.717, 1.165) is 6.42 Å². The molecule has 3 N–H and O–H groups in total. The monoisotopic (exact) mass is 247 g/mol. The fourth-order valence-corrected chi connectivity index (χ4v) is 0.236. The zero-order chi connectivity index (χ0) is 15.1. The quantitative estimate of drug-likeness (QED) is 0.623. The summed E-state index contributed by atoms with van der Waals surface area (Å²) >= 11 is 0. The highest BCUT2D eigenvalue weighted by Crippen LogP contribution is 1.73. The lowest BCUT2D eigenvalue weighted by atomic mass is 10.4. The van der Waals surface area contributed by atoms with Gasteiger partial charge in [-0.05, 0) is 20.3 Å². The molecule has 0 heterocycles. The largest absolute Gasteiger partial charge is 0.465 e. The van der Waals surface area contributed by atoms with E-state index in [4.69, 9.17) is 9.90 Å². The van der Waals surface area contributed by atoms with Gasteiger partial charge in [0.1, 0.15) is 0 Å². The van der Waals surface area contributed by atoms with Gasteiger partial charge in [-0.15, -0.1) is 6.58 Å². The molecule has 0 spiro atoms. The Bertz CT molecular complexity index is 128. The third-order valence-corrected chi connectivity index (χ3v) is 0.471. The van der Waals surface area contributed by atoms with Crippen LogP contribution in [0.4, 0.5) is 4.79 Å². The van der Waals surface area contributed by atoms with E-state index >= 15 is 0 Å². The molecule has 0 atom stereocenters. The Morgan fingerprint density at radius 2 is 1.41 bits per heavy atom. The van der Waals surface area contributed by atoms with Gasteiger partial charge in [0, 0.05) is 0 Å². The van der Waals surface area contributed by atoms with Crippen LogP contribution in [0.2, 0.25) is 0 Å². The second-order valence-corrected chi connectivity index (χ2v) is 2.43. The minimum atomic E-state index is -1.33. The van der Waals surface area contributed by atoms with E-state index in [1.54, 1.807) is 6.08 Å². The fraction of sp³-hybridized carbons (Fsp3) is 0.643. The summed E-state index contributed by atoms with van der Waals surface area (Å²) in [5.74, 6) is 0. The molecular formula is C14H33NO2. The third kappa shape index (κ3) is 4260. The minimum absolute atomic E-state index is 1.16. The van der Waals surface area contributed by atoms with E-state index in [2.05, 4.69) is 45.2 Å². The van der Waals surface area contributed by atoms with Gasteiger partial charge in [-0.1, -0.05) is 59.3 Å². The number of rotatable bonds is 1. The Morgan fingerprint density at radius 1 is 1.24 bits per heavy atom. The van der Waals surface area contributed by atoms with Gasteiger partial charge in [0.05, 0.1) is 0 Å². The lowest BCUT2D eigenvalue weighted by Crippen LogP contribution is -2.03. The van der Waals surface area contributed by atoms with Crippen LogP contribution in [0.1, 0.15) is 61.3 Å². The van der Waals surface area contributed by atoms with Crippen molar-refractivity contribution in [2.24, 2.45) is 5.73 Å². The van der Waals surface area contributed by atoms with Crippen LogP contribution in [0.5, 0.6) is 0 Å². The zero-order valence-corrected chi connectivity index (χ0v) is 12.8. The summed E-state index contributed by atoms with van der Waals surface area (Å²) in [6.07, 6.45) is 7.01. The number of primary amides is 1. The number of allylic oxidation sites excluding steroid dienone is 3. The molecule has 0 fully saturated rings. The van der Waals surface area contributed by atoms with Crippen molar-refractivity contribution in [2.45, 2.75) is 61.3 Å². The summed E-state index contributed by atoms with van der Waals surface area (Å²) in [4.78, 5) is 8.78. The Hall–Kier alpha value is -1.25. The number of amides is 1. The van der Waals surface area contributed by atoms with Crippen LogP contribution in [0.15, 0.2) is 24.8 Å². The van der Waals surface area contributed by atoms with Crippen molar-refractivity contribution < 1.29 is 9.90 Å². The first-order valence-electron chi connectivity index (χ1n) is 6.14. The summed E-state index contributed by atoms with van der Waals surface area (Å²) in [6, 6.07) is 0. The summed E-state index contributed by atoms with van der Waals surface area (Å²) in [5, 5.41) is 7.19. The van der Waals surface area contributed by atoms with E-state index in [1.807, 2.05) is 27.7 Å². The van der Waals surface area contributed by atoms with Crippen molar-refractivity contribution >= 4 is 6.09 Å². The second kappa shape index (κ2) is 61.2. The first kappa shape index (κ1) is 29.7. The maximum absolute atomic E-state index is 8.78. The second-order valence-electron chi connectivity index (χ2n) is 2.43. The average molecular weight is 247 g/mol. The molecule has 0 aliphatic rings. The molecule has 0 unspecified atom stereocenters. The van der Waals surface area contributed by atoms with Crippen molar-refractivity contribution in [3.63, 3.8) is 0 Å². The molecule has 0 aromatic heterocycles. The van der Waals surface area contributed by atoms with Gasteiger partial charge in [-0.3, -0.25) is 0 Å². The lowest BCUT2D eigenvalue weighted by molar-refractivity contribution is 0.205. The Labute approximate surface area is 108 Å². The van der Waals surface area contributed by atoms with Crippen LogP contribution in [-0.2, 0) is 0 Å². The third-order valence-electron chi connectivity index (χ3n) is 0.471. The molecule has 0 aliphatic carbocycles. The number of carbonyl (C=O) groups is 1.